The van der Waals surface area contributed by atoms with Crippen molar-refractivity contribution in [3.05, 3.63) is 33.8 Å². The Hall–Kier alpha value is -1.75. The number of aliphatic imine (C=N–C) groups is 1. The third-order valence-corrected chi connectivity index (χ3v) is 6.43. The summed E-state index contributed by atoms with van der Waals surface area (Å²) >= 11 is 1.80. The Bertz CT molecular complexity index is 851. The summed E-state index contributed by atoms with van der Waals surface area (Å²) in [5, 5.41) is 8.17. The highest BCUT2D eigenvalue weighted by atomic mass is 127. The molecule has 0 radical (unpaired) electrons. The Morgan fingerprint density at radius 1 is 1.26 bits per heavy atom. The van der Waals surface area contributed by atoms with E-state index in [1.165, 1.54) is 15.6 Å². The molecule has 1 aromatic carbocycles. The van der Waals surface area contributed by atoms with Crippen LogP contribution in [0, 0.1) is 6.92 Å². The number of halogens is 1. The van der Waals surface area contributed by atoms with E-state index in [2.05, 4.69) is 46.5 Å². The highest BCUT2D eigenvalue weighted by Gasteiger charge is 2.24. The molecule has 1 aromatic heterocycles. The zero-order chi connectivity index (χ0) is 21.5. The number of anilines is 1. The van der Waals surface area contributed by atoms with Crippen molar-refractivity contribution in [3.8, 4) is 11.5 Å². The van der Waals surface area contributed by atoms with Crippen molar-refractivity contribution in [2.45, 2.75) is 39.2 Å². The van der Waals surface area contributed by atoms with Crippen LogP contribution in [-0.4, -0.2) is 57.9 Å². The van der Waals surface area contributed by atoms with E-state index in [9.17, 15) is 0 Å². The second-order valence-corrected chi connectivity index (χ2v) is 8.65. The lowest BCUT2D eigenvalue weighted by Gasteiger charge is -2.21. The Labute approximate surface area is 206 Å². The Morgan fingerprint density at radius 3 is 2.55 bits per heavy atom. The van der Waals surface area contributed by atoms with Crippen LogP contribution < -0.4 is 25.0 Å². The molecule has 172 valence electrons. The third-order valence-electron chi connectivity index (χ3n) is 5.36. The Balaban J connectivity index is 0.00000341. The van der Waals surface area contributed by atoms with Crippen molar-refractivity contribution in [2.75, 3.05) is 45.8 Å². The van der Waals surface area contributed by atoms with E-state index < -0.39 is 0 Å². The molecule has 2 N–H and O–H groups in total. The van der Waals surface area contributed by atoms with Crippen molar-refractivity contribution in [1.82, 2.24) is 15.6 Å². The summed E-state index contributed by atoms with van der Waals surface area (Å²) in [7, 11) is 5.18. The van der Waals surface area contributed by atoms with Gasteiger partial charge in [-0.3, -0.25) is 4.99 Å². The minimum absolute atomic E-state index is 0. The number of benzene rings is 1. The van der Waals surface area contributed by atoms with E-state index in [4.69, 9.17) is 14.5 Å². The number of guanidine groups is 1. The monoisotopic (exact) mass is 559 g/mol. The number of nitrogens with zero attached hydrogens (tertiary/aromatic N) is 3. The molecule has 0 spiro atoms. The van der Waals surface area contributed by atoms with Gasteiger partial charge >= 0.3 is 0 Å². The molecule has 0 aliphatic carbocycles. The first-order valence-corrected chi connectivity index (χ1v) is 11.3. The summed E-state index contributed by atoms with van der Waals surface area (Å²) in [5.41, 5.74) is 2.34. The molecule has 1 unspecified atom stereocenters. The summed E-state index contributed by atoms with van der Waals surface area (Å²) in [6.07, 6.45) is 2.95. The van der Waals surface area contributed by atoms with E-state index in [1.54, 1.807) is 25.6 Å². The second-order valence-electron chi connectivity index (χ2n) is 7.36. The van der Waals surface area contributed by atoms with Gasteiger partial charge in [0.25, 0.3) is 0 Å². The molecular formula is C22H34IN5O2S. The molecule has 31 heavy (non-hydrogen) atoms. The fourth-order valence-electron chi connectivity index (χ4n) is 3.69. The lowest BCUT2D eigenvalue weighted by molar-refractivity contribution is 0.394. The largest absolute Gasteiger partial charge is 0.497 e. The first kappa shape index (κ1) is 25.5. The van der Waals surface area contributed by atoms with E-state index in [-0.39, 0.29) is 24.0 Å². The van der Waals surface area contributed by atoms with Crippen LogP contribution in [0.15, 0.2) is 23.2 Å². The number of aromatic nitrogens is 1. The van der Waals surface area contributed by atoms with Crippen molar-refractivity contribution in [2.24, 2.45) is 4.99 Å². The van der Waals surface area contributed by atoms with Gasteiger partial charge in [-0.1, -0.05) is 6.92 Å². The molecule has 1 aliphatic rings. The van der Waals surface area contributed by atoms with Gasteiger partial charge in [0.2, 0.25) is 0 Å². The second kappa shape index (κ2) is 12.3. The van der Waals surface area contributed by atoms with Crippen LogP contribution in [0.2, 0.25) is 0 Å². The average Bonchev–Trinajstić information content (AvgIpc) is 3.38. The standard InChI is InChI=1S/C22H33N5O2S.HI/c1-6-20-15(2)30-21(26-20)7-9-24-22(23-3)25-16-8-10-27(14-16)17-11-18(28-4)13-19(12-17)29-5;/h11-13,16H,6-10,14H2,1-5H3,(H2,23,24,25);1H. The molecule has 2 aromatic rings. The third kappa shape index (κ3) is 6.86. The van der Waals surface area contributed by atoms with Crippen molar-refractivity contribution in [1.29, 1.82) is 0 Å². The maximum absolute atomic E-state index is 5.41. The van der Waals surface area contributed by atoms with Crippen LogP contribution in [0.5, 0.6) is 11.5 Å². The molecule has 1 fully saturated rings. The molecule has 1 atom stereocenters. The lowest BCUT2D eigenvalue weighted by Crippen LogP contribution is -2.45. The molecule has 1 saturated heterocycles. The first-order valence-electron chi connectivity index (χ1n) is 10.5. The summed E-state index contributed by atoms with van der Waals surface area (Å²) in [6, 6.07) is 6.34. The van der Waals surface area contributed by atoms with Gasteiger partial charge in [-0.15, -0.1) is 35.3 Å². The van der Waals surface area contributed by atoms with Gasteiger partial charge in [-0.2, -0.15) is 0 Å². The summed E-state index contributed by atoms with van der Waals surface area (Å²) < 4.78 is 10.8. The molecule has 0 bridgehead atoms. The number of rotatable bonds is 8. The quantitative estimate of drug-likeness (QED) is 0.293. The number of hydrogen-bond donors (Lipinski definition) is 2. The first-order chi connectivity index (χ1) is 14.6. The van der Waals surface area contributed by atoms with Crippen LogP contribution in [-0.2, 0) is 12.8 Å². The average molecular weight is 560 g/mol. The molecule has 7 nitrogen and oxygen atoms in total. The maximum Gasteiger partial charge on any atom is 0.191 e. The molecule has 0 saturated carbocycles. The van der Waals surface area contributed by atoms with E-state index in [0.717, 1.165) is 62.0 Å². The Morgan fingerprint density at radius 2 is 1.97 bits per heavy atom. The zero-order valence-corrected chi connectivity index (χ0v) is 22.2. The number of aryl methyl sites for hydroxylation is 2. The Kier molecular flexibility index (Phi) is 10.1. The number of hydrogen-bond acceptors (Lipinski definition) is 6. The topological polar surface area (TPSA) is 71.0 Å². The molecule has 1 aliphatic heterocycles. The normalized spacial score (nSPS) is 16.1. The predicted molar refractivity (Wildman–Crippen MR) is 140 cm³/mol. The van der Waals surface area contributed by atoms with Crippen LogP contribution in [0.25, 0.3) is 0 Å². The highest BCUT2D eigenvalue weighted by molar-refractivity contribution is 14.0. The van der Waals surface area contributed by atoms with Crippen molar-refractivity contribution < 1.29 is 9.47 Å². The molecule has 2 heterocycles. The minimum atomic E-state index is 0. The van der Waals surface area contributed by atoms with E-state index in [1.807, 2.05) is 13.1 Å². The number of methoxy groups -OCH3 is 2. The van der Waals surface area contributed by atoms with Gasteiger partial charge in [0.1, 0.15) is 11.5 Å². The van der Waals surface area contributed by atoms with Crippen molar-refractivity contribution in [3.63, 3.8) is 0 Å². The summed E-state index contributed by atoms with van der Waals surface area (Å²) in [4.78, 5) is 12.8. The van der Waals surface area contributed by atoms with E-state index in [0.29, 0.717) is 6.04 Å². The molecular weight excluding hydrogens is 525 g/mol. The summed E-state index contributed by atoms with van der Waals surface area (Å²) in [5.74, 6) is 2.46. The number of thiazole rings is 1. The molecule has 0 amide bonds. The maximum atomic E-state index is 5.41. The fourth-order valence-corrected chi connectivity index (χ4v) is 4.71. The van der Waals surface area contributed by atoms with Gasteiger partial charge < -0.3 is 25.0 Å². The van der Waals surface area contributed by atoms with Gasteiger partial charge in [-0.25, -0.2) is 4.98 Å². The lowest BCUT2D eigenvalue weighted by atomic mass is 10.2. The smallest absolute Gasteiger partial charge is 0.191 e. The summed E-state index contributed by atoms with van der Waals surface area (Å²) in [6.45, 7) is 7.00. The number of nitrogens with one attached hydrogen (secondary N) is 2. The highest BCUT2D eigenvalue weighted by Crippen LogP contribution is 2.30. The van der Waals surface area contributed by atoms with Gasteiger partial charge in [0.05, 0.1) is 24.9 Å². The van der Waals surface area contributed by atoms with Crippen LogP contribution in [0.3, 0.4) is 0 Å². The zero-order valence-electron chi connectivity index (χ0n) is 19.0. The molecule has 3 rings (SSSR count). The SMILES string of the molecule is CCc1nc(CCNC(=NC)NC2CCN(c3cc(OC)cc(OC)c3)C2)sc1C.I. The fraction of sp³-hybridized carbons (Fsp3) is 0.545. The minimum Gasteiger partial charge on any atom is -0.497 e. The van der Waals surface area contributed by atoms with Gasteiger partial charge in [0, 0.05) is 67.9 Å². The number of ether oxygens (including phenoxy) is 2. The molecule has 9 heteroatoms. The van der Waals surface area contributed by atoms with Gasteiger partial charge in [-0.05, 0) is 19.8 Å². The van der Waals surface area contributed by atoms with Gasteiger partial charge in [0.15, 0.2) is 5.96 Å². The van der Waals surface area contributed by atoms with E-state index >= 15 is 0 Å². The van der Waals surface area contributed by atoms with Crippen LogP contribution in [0.4, 0.5) is 5.69 Å². The van der Waals surface area contributed by atoms with Crippen LogP contribution >= 0.6 is 35.3 Å². The van der Waals surface area contributed by atoms with Crippen molar-refractivity contribution >= 4 is 47.0 Å². The van der Waals surface area contributed by atoms with Crippen LogP contribution in [0.1, 0.15) is 28.9 Å². The predicted octanol–water partition coefficient (Wildman–Crippen LogP) is 3.64.